The van der Waals surface area contributed by atoms with Crippen molar-refractivity contribution in [2.24, 2.45) is 5.41 Å². The molecule has 43 heavy (non-hydrogen) atoms. The summed E-state index contributed by atoms with van der Waals surface area (Å²) in [6.07, 6.45) is 2.59. The van der Waals surface area contributed by atoms with Crippen molar-refractivity contribution in [1.82, 2.24) is 25.5 Å². The summed E-state index contributed by atoms with van der Waals surface area (Å²) in [4.78, 5) is 50.5. The Kier molecular flexibility index (Phi) is 11.2. The molecular formula is C30H39Cl2N7O4. The van der Waals surface area contributed by atoms with E-state index in [2.05, 4.69) is 31.2 Å². The van der Waals surface area contributed by atoms with E-state index in [-0.39, 0.29) is 30.1 Å². The molecule has 4 N–H and O–H groups in total. The summed E-state index contributed by atoms with van der Waals surface area (Å²) in [7, 11) is 3.19. The Bertz CT molecular complexity index is 1480. The van der Waals surface area contributed by atoms with Gasteiger partial charge in [-0.1, -0.05) is 44.5 Å². The van der Waals surface area contributed by atoms with Crippen LogP contribution in [0.2, 0.25) is 5.02 Å². The highest BCUT2D eigenvalue weighted by Gasteiger charge is 2.42. The summed E-state index contributed by atoms with van der Waals surface area (Å²) in [5.74, 6) is -0.00535. The third-order valence-electron chi connectivity index (χ3n) is 7.41. The first kappa shape index (κ1) is 33.8. The quantitative estimate of drug-likeness (QED) is 0.270. The van der Waals surface area contributed by atoms with Crippen molar-refractivity contribution < 1.29 is 19.1 Å². The molecule has 4 rings (SSSR count). The lowest BCUT2D eigenvalue weighted by molar-refractivity contribution is -0.143. The van der Waals surface area contributed by atoms with Gasteiger partial charge in [0.1, 0.15) is 30.0 Å². The number of methoxy groups -OCH3 is 1. The zero-order valence-electron chi connectivity index (χ0n) is 25.2. The third-order valence-corrected chi connectivity index (χ3v) is 7.74. The predicted octanol–water partition coefficient (Wildman–Crippen LogP) is 4.53. The van der Waals surface area contributed by atoms with Crippen molar-refractivity contribution in [3.63, 3.8) is 0 Å². The minimum Gasteiger partial charge on any atom is -0.494 e. The van der Waals surface area contributed by atoms with Crippen molar-refractivity contribution in [2.45, 2.75) is 58.7 Å². The second-order valence-electron chi connectivity index (χ2n) is 11.4. The molecule has 3 amide bonds. The van der Waals surface area contributed by atoms with Crippen LogP contribution in [-0.4, -0.2) is 71.4 Å². The maximum absolute atomic E-state index is 13.8. The summed E-state index contributed by atoms with van der Waals surface area (Å²) >= 11 is 6.34. The number of likely N-dealkylation sites (N-methyl/N-ethyl adjacent to an activating group) is 1. The highest BCUT2D eigenvalue weighted by atomic mass is 35.5. The molecule has 3 aromatic rings. The van der Waals surface area contributed by atoms with E-state index in [0.29, 0.717) is 58.3 Å². The fraction of sp³-hybridized carbons (Fsp3) is 0.433. The number of anilines is 3. The molecule has 1 aromatic heterocycles. The van der Waals surface area contributed by atoms with Crippen LogP contribution in [0.1, 0.15) is 40.5 Å². The molecule has 1 saturated heterocycles. The summed E-state index contributed by atoms with van der Waals surface area (Å²) in [6.45, 7) is 7.81. The highest BCUT2D eigenvalue weighted by molar-refractivity contribution is 6.33. The molecule has 0 saturated carbocycles. The number of amides is 3. The van der Waals surface area contributed by atoms with Crippen LogP contribution in [0.3, 0.4) is 0 Å². The number of carbonyl (C=O) groups excluding carboxylic acids is 3. The summed E-state index contributed by atoms with van der Waals surface area (Å²) < 4.78 is 5.58. The number of aromatic nitrogens is 2. The van der Waals surface area contributed by atoms with Crippen LogP contribution < -0.4 is 26.0 Å². The van der Waals surface area contributed by atoms with Crippen molar-refractivity contribution >= 4 is 69.8 Å². The molecule has 2 heterocycles. The number of carbonyl (C=O) groups is 3. The van der Waals surface area contributed by atoms with Crippen LogP contribution in [0.5, 0.6) is 5.75 Å². The SMILES string of the molecule is CN[C@@H](C)C(=O)N[C@H](C(=O)N1CCCC1C(=O)Nc1cc2c(Nc3ccccc3Cl)ncnc2cc1OC)C(C)(C)C.Cl. The average molecular weight is 633 g/mol. The highest BCUT2D eigenvalue weighted by Crippen LogP contribution is 2.35. The van der Waals surface area contributed by atoms with Crippen LogP contribution in [0.25, 0.3) is 10.9 Å². The molecule has 11 nitrogen and oxygen atoms in total. The lowest BCUT2D eigenvalue weighted by Crippen LogP contribution is -2.59. The first-order valence-corrected chi connectivity index (χ1v) is 14.3. The van der Waals surface area contributed by atoms with Gasteiger partial charge in [0.2, 0.25) is 17.7 Å². The molecule has 2 aromatic carbocycles. The minimum absolute atomic E-state index is 0. The minimum atomic E-state index is -0.806. The zero-order chi connectivity index (χ0) is 30.6. The number of hydrogen-bond acceptors (Lipinski definition) is 8. The van der Waals surface area contributed by atoms with E-state index in [4.69, 9.17) is 16.3 Å². The molecule has 0 aliphatic carbocycles. The van der Waals surface area contributed by atoms with Gasteiger partial charge in [-0.2, -0.15) is 0 Å². The number of nitrogens with zero attached hydrogens (tertiary/aromatic N) is 3. The molecule has 232 valence electrons. The van der Waals surface area contributed by atoms with Gasteiger partial charge in [0.15, 0.2) is 0 Å². The molecule has 13 heteroatoms. The molecule has 0 radical (unpaired) electrons. The molecule has 1 unspecified atom stereocenters. The maximum atomic E-state index is 13.8. The van der Waals surface area contributed by atoms with E-state index in [1.165, 1.54) is 13.4 Å². The Morgan fingerprint density at radius 3 is 2.49 bits per heavy atom. The van der Waals surface area contributed by atoms with Crippen molar-refractivity contribution in [2.75, 3.05) is 31.3 Å². The fourth-order valence-corrected chi connectivity index (χ4v) is 5.06. The van der Waals surface area contributed by atoms with E-state index < -0.39 is 23.5 Å². The first-order valence-electron chi connectivity index (χ1n) is 13.9. The van der Waals surface area contributed by atoms with Crippen LogP contribution in [0.4, 0.5) is 17.2 Å². The van der Waals surface area contributed by atoms with E-state index in [1.54, 1.807) is 37.1 Å². The molecule has 3 atom stereocenters. The number of nitrogens with one attached hydrogen (secondary N) is 4. The molecule has 1 aliphatic heterocycles. The normalized spacial score (nSPS) is 16.2. The topological polar surface area (TPSA) is 138 Å². The second kappa shape index (κ2) is 14.2. The number of para-hydroxylation sites is 1. The van der Waals surface area contributed by atoms with Crippen LogP contribution in [-0.2, 0) is 14.4 Å². The van der Waals surface area contributed by atoms with Gasteiger partial charge in [0.05, 0.1) is 35.1 Å². The smallest absolute Gasteiger partial charge is 0.247 e. The number of ether oxygens (including phenoxy) is 1. The van der Waals surface area contributed by atoms with Crippen molar-refractivity contribution in [3.8, 4) is 5.75 Å². The van der Waals surface area contributed by atoms with E-state index in [9.17, 15) is 14.4 Å². The maximum Gasteiger partial charge on any atom is 0.247 e. The number of benzene rings is 2. The first-order chi connectivity index (χ1) is 19.9. The van der Waals surface area contributed by atoms with E-state index in [0.717, 1.165) is 0 Å². The summed E-state index contributed by atoms with van der Waals surface area (Å²) in [5, 5.41) is 13.2. The molecule has 1 fully saturated rings. The Hall–Kier alpha value is -3.67. The Morgan fingerprint density at radius 1 is 1.12 bits per heavy atom. The zero-order valence-corrected chi connectivity index (χ0v) is 26.7. The summed E-state index contributed by atoms with van der Waals surface area (Å²) in [5.41, 5.74) is 1.11. The number of hydrogen-bond donors (Lipinski definition) is 4. The Labute approximate surface area is 262 Å². The Balaban J connectivity index is 0.00000506. The van der Waals surface area contributed by atoms with Gasteiger partial charge in [-0.05, 0) is 50.4 Å². The number of rotatable bonds is 9. The molecule has 0 bridgehead atoms. The lowest BCUT2D eigenvalue weighted by Gasteiger charge is -2.36. The number of fused-ring (bicyclic) bond motifs is 1. The lowest BCUT2D eigenvalue weighted by atomic mass is 9.85. The Morgan fingerprint density at radius 2 is 1.84 bits per heavy atom. The van der Waals surface area contributed by atoms with Gasteiger partial charge in [-0.25, -0.2) is 9.97 Å². The van der Waals surface area contributed by atoms with Gasteiger partial charge >= 0.3 is 0 Å². The van der Waals surface area contributed by atoms with E-state index >= 15 is 0 Å². The second-order valence-corrected chi connectivity index (χ2v) is 11.8. The van der Waals surface area contributed by atoms with Crippen molar-refractivity contribution in [3.05, 3.63) is 47.7 Å². The van der Waals surface area contributed by atoms with Gasteiger partial charge in [-0.15, -0.1) is 12.4 Å². The number of halogens is 2. The largest absolute Gasteiger partial charge is 0.494 e. The summed E-state index contributed by atoms with van der Waals surface area (Å²) in [6, 6.07) is 8.77. The van der Waals surface area contributed by atoms with E-state index in [1.807, 2.05) is 39.0 Å². The van der Waals surface area contributed by atoms with Crippen LogP contribution in [0.15, 0.2) is 42.7 Å². The fourth-order valence-electron chi connectivity index (χ4n) is 4.87. The molecule has 0 spiro atoms. The third kappa shape index (κ3) is 7.65. The van der Waals surface area contributed by atoms with Crippen molar-refractivity contribution in [1.29, 1.82) is 0 Å². The predicted molar refractivity (Wildman–Crippen MR) is 171 cm³/mol. The average Bonchev–Trinajstić information content (AvgIpc) is 3.46. The standard InChI is InChI=1S/C30H38ClN7O4.ClH/c1-17(32-5)27(39)37-25(30(2,3)4)29(41)38-13-9-12-23(38)28(40)36-22-14-18-21(15-24(22)42-6)33-16-34-26(18)35-20-11-8-7-10-19(20)31;/h7-8,10-11,14-17,23,25,32H,9,12-13H2,1-6H3,(H,36,40)(H,37,39)(H,33,34,35);1H/t17-,23?,25+;/m0./s1. The van der Waals surface area contributed by atoms with Crippen LogP contribution in [0, 0.1) is 5.41 Å². The molecular weight excluding hydrogens is 593 g/mol. The van der Waals surface area contributed by atoms with Gasteiger partial charge in [0.25, 0.3) is 0 Å². The number of likely N-dealkylation sites (tertiary alicyclic amines) is 1. The van der Waals surface area contributed by atoms with Gasteiger partial charge in [-0.3, -0.25) is 14.4 Å². The molecule has 1 aliphatic rings. The monoisotopic (exact) mass is 631 g/mol. The van der Waals surface area contributed by atoms with Gasteiger partial charge < -0.3 is 30.9 Å². The van der Waals surface area contributed by atoms with Gasteiger partial charge in [0, 0.05) is 18.0 Å². The van der Waals surface area contributed by atoms with Crippen LogP contribution >= 0.6 is 24.0 Å².